The Morgan fingerprint density at radius 1 is 1.89 bits per heavy atom. The zero-order valence-corrected chi connectivity index (χ0v) is 4.78. The van der Waals surface area contributed by atoms with Gasteiger partial charge in [0, 0.05) is 6.21 Å². The first kappa shape index (κ1) is 5.79. The molecular weight excluding hydrogens is 116 g/mol. The van der Waals surface area contributed by atoms with Gasteiger partial charge in [-0.2, -0.15) is 5.26 Å². The molecule has 0 radical (unpaired) electrons. The Morgan fingerprint density at radius 2 is 2.67 bits per heavy atom. The van der Waals surface area contributed by atoms with Crippen LogP contribution in [0.25, 0.3) is 0 Å². The molecule has 9 heavy (non-hydrogen) atoms. The molecule has 0 aromatic rings. The predicted octanol–water partition coefficient (Wildman–Crippen LogP) is -0.389. The third-order valence-electron chi connectivity index (χ3n) is 0.925. The summed E-state index contributed by atoms with van der Waals surface area (Å²) in [4.78, 5) is 3.75. The first-order valence-electron chi connectivity index (χ1n) is 2.48. The molecule has 0 unspecified atom stereocenters. The fourth-order valence-electron chi connectivity index (χ4n) is 0.534. The molecule has 1 rings (SSSR count). The smallest absolute Gasteiger partial charge is 0.157 e. The van der Waals surface area contributed by atoms with Crippen LogP contribution in [0.4, 0.5) is 0 Å². The van der Waals surface area contributed by atoms with Crippen molar-refractivity contribution in [3.8, 4) is 6.07 Å². The highest BCUT2D eigenvalue weighted by Crippen LogP contribution is 1.98. The molecule has 0 saturated carbocycles. The molecule has 4 nitrogen and oxygen atoms in total. The van der Waals surface area contributed by atoms with Crippen LogP contribution in [-0.2, 0) is 0 Å². The maximum atomic E-state index is 8.29. The summed E-state index contributed by atoms with van der Waals surface area (Å²) < 4.78 is 0. The molecule has 0 bridgehead atoms. The Kier molecular flexibility index (Phi) is 1.47. The van der Waals surface area contributed by atoms with Crippen LogP contribution in [0, 0.1) is 11.3 Å². The normalized spacial score (nSPS) is 16.9. The Balaban J connectivity index is 2.74. The molecule has 0 atom stereocenters. The number of nitrogens with two attached hydrogens (primary N) is 1. The Bertz CT molecular complexity index is 197. The van der Waals surface area contributed by atoms with Gasteiger partial charge in [-0.3, -0.25) is 0 Å². The molecule has 0 fully saturated rings. The number of nitrogens with zero attached hydrogens (tertiary/aromatic N) is 3. The Morgan fingerprint density at radius 3 is 3.11 bits per heavy atom. The molecule has 1 heterocycles. The molecule has 1 aliphatic rings. The largest absolute Gasteiger partial charge is 0.310 e. The number of nitriles is 1. The first-order chi connectivity index (χ1) is 4.33. The number of allylic oxidation sites excluding steroid dienone is 1. The van der Waals surface area contributed by atoms with E-state index in [9.17, 15) is 0 Å². The van der Waals surface area contributed by atoms with E-state index in [0.29, 0.717) is 12.2 Å². The Labute approximate surface area is 52.9 Å². The quantitative estimate of drug-likeness (QED) is 0.445. The van der Waals surface area contributed by atoms with Gasteiger partial charge < -0.3 is 5.01 Å². The van der Waals surface area contributed by atoms with Crippen molar-refractivity contribution in [2.24, 2.45) is 10.8 Å². The number of hydrazine groups is 1. The summed E-state index contributed by atoms with van der Waals surface area (Å²) in [7, 11) is 0. The second kappa shape index (κ2) is 2.29. The summed E-state index contributed by atoms with van der Waals surface area (Å²) in [6.07, 6.45) is 3.10. The predicted molar refractivity (Wildman–Crippen MR) is 33.1 cm³/mol. The minimum atomic E-state index is 0.351. The number of rotatable bonds is 0. The van der Waals surface area contributed by atoms with Crippen molar-refractivity contribution in [1.82, 2.24) is 5.01 Å². The van der Waals surface area contributed by atoms with Crippen LogP contribution in [-0.4, -0.2) is 17.8 Å². The van der Waals surface area contributed by atoms with Crippen LogP contribution in [0.5, 0.6) is 0 Å². The lowest BCUT2D eigenvalue weighted by Crippen LogP contribution is -2.29. The van der Waals surface area contributed by atoms with E-state index in [1.807, 2.05) is 6.07 Å². The maximum absolute atomic E-state index is 8.29. The molecule has 0 spiro atoms. The van der Waals surface area contributed by atoms with Crippen LogP contribution < -0.4 is 5.84 Å². The Hall–Kier alpha value is -1.34. The zero-order chi connectivity index (χ0) is 6.69. The van der Waals surface area contributed by atoms with Crippen LogP contribution in [0.2, 0.25) is 0 Å². The van der Waals surface area contributed by atoms with E-state index < -0.39 is 0 Å². The monoisotopic (exact) mass is 122 g/mol. The summed E-state index contributed by atoms with van der Waals surface area (Å²) in [6.45, 7) is 0.575. The average Bonchev–Trinajstić information content (AvgIpc) is 1.88. The van der Waals surface area contributed by atoms with E-state index in [1.165, 1.54) is 11.2 Å². The fourth-order valence-corrected chi connectivity index (χ4v) is 0.534. The van der Waals surface area contributed by atoms with Crippen LogP contribution in [0.3, 0.4) is 0 Å². The molecule has 2 N–H and O–H groups in total. The van der Waals surface area contributed by atoms with Crippen molar-refractivity contribution in [3.05, 3.63) is 11.9 Å². The van der Waals surface area contributed by atoms with Crippen molar-refractivity contribution in [3.63, 3.8) is 0 Å². The van der Waals surface area contributed by atoms with Crippen LogP contribution in [0.15, 0.2) is 16.9 Å². The molecule has 0 amide bonds. The molecule has 0 aromatic carbocycles. The average molecular weight is 122 g/mol. The van der Waals surface area contributed by atoms with Gasteiger partial charge in [-0.25, -0.2) is 10.8 Å². The summed E-state index contributed by atoms with van der Waals surface area (Å²) in [5, 5.41) is 9.70. The van der Waals surface area contributed by atoms with E-state index in [4.69, 9.17) is 11.1 Å². The van der Waals surface area contributed by atoms with Gasteiger partial charge in [0.2, 0.25) is 0 Å². The summed E-state index contributed by atoms with van der Waals surface area (Å²) in [5.74, 6) is 5.32. The molecule has 0 saturated heterocycles. The standard InChI is InChI=1S/C5H6N4/c6-3-5-4-9(7)2-1-8-5/h1,4H,2,7H2. The molecule has 46 valence electrons. The zero-order valence-electron chi connectivity index (χ0n) is 4.78. The van der Waals surface area contributed by atoms with Gasteiger partial charge in [0.25, 0.3) is 0 Å². The van der Waals surface area contributed by atoms with Gasteiger partial charge in [0.15, 0.2) is 5.70 Å². The van der Waals surface area contributed by atoms with Crippen molar-refractivity contribution < 1.29 is 0 Å². The molecule has 1 aliphatic heterocycles. The van der Waals surface area contributed by atoms with Crippen molar-refractivity contribution in [2.75, 3.05) is 6.54 Å². The van der Waals surface area contributed by atoms with Gasteiger partial charge in [-0.1, -0.05) is 0 Å². The maximum Gasteiger partial charge on any atom is 0.157 e. The highest BCUT2D eigenvalue weighted by atomic mass is 15.4. The second-order valence-electron chi connectivity index (χ2n) is 1.63. The third-order valence-corrected chi connectivity index (χ3v) is 0.925. The topological polar surface area (TPSA) is 65.4 Å². The number of hydrogen-bond donors (Lipinski definition) is 1. The van der Waals surface area contributed by atoms with Gasteiger partial charge in [-0.15, -0.1) is 0 Å². The first-order valence-corrected chi connectivity index (χ1v) is 2.48. The summed E-state index contributed by atoms with van der Waals surface area (Å²) in [5.41, 5.74) is 0.351. The molecular formula is C5H6N4. The van der Waals surface area contributed by atoms with Crippen LogP contribution >= 0.6 is 0 Å². The van der Waals surface area contributed by atoms with E-state index in [0.717, 1.165) is 0 Å². The van der Waals surface area contributed by atoms with Gasteiger partial charge in [-0.05, 0) is 0 Å². The molecule has 0 aromatic heterocycles. The van der Waals surface area contributed by atoms with Gasteiger partial charge in [0.05, 0.1) is 12.7 Å². The lowest BCUT2D eigenvalue weighted by atomic mass is 10.4. The summed E-state index contributed by atoms with van der Waals surface area (Å²) in [6, 6.07) is 1.88. The third kappa shape index (κ3) is 1.27. The highest BCUT2D eigenvalue weighted by molar-refractivity contribution is 5.63. The fraction of sp³-hybridized carbons (Fsp3) is 0.200. The van der Waals surface area contributed by atoms with E-state index >= 15 is 0 Å². The van der Waals surface area contributed by atoms with Crippen molar-refractivity contribution >= 4 is 6.21 Å². The van der Waals surface area contributed by atoms with Crippen molar-refractivity contribution in [2.45, 2.75) is 0 Å². The second-order valence-corrected chi connectivity index (χ2v) is 1.63. The van der Waals surface area contributed by atoms with E-state index in [-0.39, 0.29) is 0 Å². The van der Waals surface area contributed by atoms with Gasteiger partial charge >= 0.3 is 0 Å². The van der Waals surface area contributed by atoms with Gasteiger partial charge in [0.1, 0.15) is 6.07 Å². The lowest BCUT2D eigenvalue weighted by molar-refractivity contribution is 0.446. The SMILES string of the molecule is N#CC1=CN(N)CC=N1. The molecule has 4 heteroatoms. The van der Waals surface area contributed by atoms with E-state index in [2.05, 4.69) is 4.99 Å². The molecule has 0 aliphatic carbocycles. The number of hydrogen-bond acceptors (Lipinski definition) is 4. The minimum Gasteiger partial charge on any atom is -0.310 e. The number of aliphatic imine (C=N–C) groups is 1. The summed E-state index contributed by atoms with van der Waals surface area (Å²) >= 11 is 0. The van der Waals surface area contributed by atoms with Crippen LogP contribution in [0.1, 0.15) is 0 Å². The minimum absolute atomic E-state index is 0.351. The lowest BCUT2D eigenvalue weighted by Gasteiger charge is -2.12. The van der Waals surface area contributed by atoms with Crippen molar-refractivity contribution in [1.29, 1.82) is 5.26 Å². The van der Waals surface area contributed by atoms with E-state index in [1.54, 1.807) is 6.21 Å². The highest BCUT2D eigenvalue weighted by Gasteiger charge is 1.98.